The van der Waals surface area contributed by atoms with Gasteiger partial charge >= 0.3 is 0 Å². The zero-order valence-corrected chi connectivity index (χ0v) is 9.14. The summed E-state index contributed by atoms with van der Waals surface area (Å²) in [5.74, 6) is 0. The average molecular weight is 186 g/mol. The standard InChI is InChI=1S/C14H18/c1-11-9-10-13-7-5-3-4-6-8-14(13)12(11)2/h3-4,9-10H,5-8H2,1-2H3/b4-3-. The monoisotopic (exact) mass is 186 g/mol. The third-order valence-corrected chi connectivity index (χ3v) is 3.27. The minimum atomic E-state index is 1.20. The molecule has 0 saturated heterocycles. The van der Waals surface area contributed by atoms with Gasteiger partial charge in [0.2, 0.25) is 0 Å². The van der Waals surface area contributed by atoms with Gasteiger partial charge in [-0.05, 0) is 61.8 Å². The van der Waals surface area contributed by atoms with Crippen molar-refractivity contribution in [3.63, 3.8) is 0 Å². The number of rotatable bonds is 0. The van der Waals surface area contributed by atoms with Crippen LogP contribution in [0.4, 0.5) is 0 Å². The van der Waals surface area contributed by atoms with Crippen molar-refractivity contribution < 1.29 is 0 Å². The maximum Gasteiger partial charge on any atom is -0.0239 e. The van der Waals surface area contributed by atoms with Crippen LogP contribution >= 0.6 is 0 Å². The Hall–Kier alpha value is -1.04. The first-order valence-electron chi connectivity index (χ1n) is 5.52. The van der Waals surface area contributed by atoms with Crippen molar-refractivity contribution in [2.24, 2.45) is 0 Å². The van der Waals surface area contributed by atoms with Crippen LogP contribution in [-0.4, -0.2) is 0 Å². The summed E-state index contributed by atoms with van der Waals surface area (Å²) in [5, 5.41) is 0. The molecule has 0 atom stereocenters. The third-order valence-electron chi connectivity index (χ3n) is 3.27. The third kappa shape index (κ3) is 1.75. The molecular weight excluding hydrogens is 168 g/mol. The molecule has 0 aromatic heterocycles. The fourth-order valence-electron chi connectivity index (χ4n) is 2.21. The molecule has 0 aliphatic heterocycles. The molecule has 0 unspecified atom stereocenters. The van der Waals surface area contributed by atoms with Gasteiger partial charge in [-0.2, -0.15) is 0 Å². The fraction of sp³-hybridized carbons (Fsp3) is 0.429. The van der Waals surface area contributed by atoms with Gasteiger partial charge in [-0.1, -0.05) is 24.3 Å². The minimum absolute atomic E-state index is 1.20. The first-order chi connectivity index (χ1) is 6.79. The molecule has 0 spiro atoms. The SMILES string of the molecule is Cc1ccc2c(c1C)CC/C=C\CC2. The quantitative estimate of drug-likeness (QED) is 0.541. The number of fused-ring (bicyclic) bond motifs is 1. The van der Waals surface area contributed by atoms with Gasteiger partial charge in [-0.3, -0.25) is 0 Å². The molecule has 0 heterocycles. The van der Waals surface area contributed by atoms with Crippen molar-refractivity contribution in [1.29, 1.82) is 0 Å². The molecule has 0 bridgehead atoms. The number of hydrogen-bond acceptors (Lipinski definition) is 0. The number of benzene rings is 1. The van der Waals surface area contributed by atoms with E-state index in [1.807, 2.05) is 0 Å². The molecule has 74 valence electrons. The Bertz CT molecular complexity index is 359. The van der Waals surface area contributed by atoms with Crippen LogP contribution in [0.15, 0.2) is 24.3 Å². The smallest absolute Gasteiger partial charge is 0.0239 e. The summed E-state index contributed by atoms with van der Waals surface area (Å²) in [6.07, 6.45) is 9.49. The highest BCUT2D eigenvalue weighted by atomic mass is 14.1. The lowest BCUT2D eigenvalue weighted by Gasteiger charge is -2.15. The van der Waals surface area contributed by atoms with Gasteiger partial charge in [0.1, 0.15) is 0 Å². The Morgan fingerprint density at radius 2 is 1.64 bits per heavy atom. The molecule has 0 saturated carbocycles. The van der Waals surface area contributed by atoms with E-state index in [2.05, 4.69) is 38.1 Å². The summed E-state index contributed by atoms with van der Waals surface area (Å²) in [4.78, 5) is 0. The summed E-state index contributed by atoms with van der Waals surface area (Å²) in [6.45, 7) is 4.48. The topological polar surface area (TPSA) is 0 Å². The van der Waals surface area contributed by atoms with Crippen LogP contribution in [0.2, 0.25) is 0 Å². The van der Waals surface area contributed by atoms with Crippen molar-refractivity contribution in [3.8, 4) is 0 Å². The Balaban J connectivity index is 2.43. The summed E-state index contributed by atoms with van der Waals surface area (Å²) >= 11 is 0. The Morgan fingerprint density at radius 3 is 2.43 bits per heavy atom. The predicted molar refractivity (Wildman–Crippen MR) is 61.7 cm³/mol. The summed E-state index contributed by atoms with van der Waals surface area (Å²) in [6, 6.07) is 4.58. The van der Waals surface area contributed by atoms with E-state index >= 15 is 0 Å². The Morgan fingerprint density at radius 1 is 0.929 bits per heavy atom. The lowest BCUT2D eigenvalue weighted by molar-refractivity contribution is 0.881. The molecule has 1 aliphatic carbocycles. The lowest BCUT2D eigenvalue weighted by Crippen LogP contribution is -2.01. The predicted octanol–water partition coefficient (Wildman–Crippen LogP) is 3.74. The summed E-state index contributed by atoms with van der Waals surface area (Å²) < 4.78 is 0. The van der Waals surface area contributed by atoms with Gasteiger partial charge < -0.3 is 0 Å². The molecule has 1 aliphatic rings. The van der Waals surface area contributed by atoms with E-state index in [4.69, 9.17) is 0 Å². The van der Waals surface area contributed by atoms with Crippen LogP contribution in [-0.2, 0) is 12.8 Å². The molecule has 1 aromatic rings. The van der Waals surface area contributed by atoms with Crippen molar-refractivity contribution >= 4 is 0 Å². The first-order valence-corrected chi connectivity index (χ1v) is 5.52. The second kappa shape index (κ2) is 4.00. The molecule has 0 heteroatoms. The van der Waals surface area contributed by atoms with E-state index < -0.39 is 0 Å². The van der Waals surface area contributed by atoms with Crippen molar-refractivity contribution in [1.82, 2.24) is 0 Å². The molecule has 0 N–H and O–H groups in total. The van der Waals surface area contributed by atoms with Crippen LogP contribution in [0.3, 0.4) is 0 Å². The van der Waals surface area contributed by atoms with Crippen LogP contribution in [0.25, 0.3) is 0 Å². The van der Waals surface area contributed by atoms with Crippen LogP contribution in [0.5, 0.6) is 0 Å². The zero-order chi connectivity index (χ0) is 9.97. The Kier molecular flexibility index (Phi) is 2.72. The zero-order valence-electron chi connectivity index (χ0n) is 9.14. The first kappa shape index (κ1) is 9.51. The van der Waals surface area contributed by atoms with Crippen molar-refractivity contribution in [2.75, 3.05) is 0 Å². The van der Waals surface area contributed by atoms with Crippen LogP contribution < -0.4 is 0 Å². The number of aryl methyl sites for hydroxylation is 2. The molecule has 0 amide bonds. The summed E-state index contributed by atoms with van der Waals surface area (Å²) in [5.41, 5.74) is 6.12. The molecule has 0 fully saturated rings. The van der Waals surface area contributed by atoms with E-state index in [-0.39, 0.29) is 0 Å². The Labute approximate surface area is 86.7 Å². The van der Waals surface area contributed by atoms with Crippen LogP contribution in [0.1, 0.15) is 35.1 Å². The average Bonchev–Trinajstić information content (AvgIpc) is 2.13. The maximum absolute atomic E-state index is 2.32. The molecule has 0 nitrogen and oxygen atoms in total. The van der Waals surface area contributed by atoms with E-state index in [0.29, 0.717) is 0 Å². The van der Waals surface area contributed by atoms with Gasteiger partial charge in [0.25, 0.3) is 0 Å². The van der Waals surface area contributed by atoms with Gasteiger partial charge in [-0.15, -0.1) is 0 Å². The van der Waals surface area contributed by atoms with E-state index in [0.717, 1.165) is 0 Å². The highest BCUT2D eigenvalue weighted by Gasteiger charge is 2.08. The van der Waals surface area contributed by atoms with Crippen LogP contribution in [0, 0.1) is 13.8 Å². The minimum Gasteiger partial charge on any atom is -0.0882 e. The van der Waals surface area contributed by atoms with Gasteiger partial charge in [-0.25, -0.2) is 0 Å². The second-order valence-corrected chi connectivity index (χ2v) is 4.19. The number of hydrogen-bond donors (Lipinski definition) is 0. The highest BCUT2D eigenvalue weighted by Crippen LogP contribution is 2.22. The normalized spacial score (nSPS) is 18.1. The molecule has 0 radical (unpaired) electrons. The second-order valence-electron chi connectivity index (χ2n) is 4.19. The van der Waals surface area contributed by atoms with Gasteiger partial charge in [0.05, 0.1) is 0 Å². The fourth-order valence-corrected chi connectivity index (χ4v) is 2.21. The highest BCUT2D eigenvalue weighted by molar-refractivity contribution is 5.40. The molecule has 2 rings (SSSR count). The molecule has 1 aromatic carbocycles. The van der Waals surface area contributed by atoms with Gasteiger partial charge in [0, 0.05) is 0 Å². The van der Waals surface area contributed by atoms with E-state index in [1.54, 1.807) is 11.1 Å². The largest absolute Gasteiger partial charge is 0.0882 e. The lowest BCUT2D eigenvalue weighted by atomic mass is 9.90. The van der Waals surface area contributed by atoms with Crippen molar-refractivity contribution in [3.05, 3.63) is 46.5 Å². The summed E-state index contributed by atoms with van der Waals surface area (Å²) in [7, 11) is 0. The van der Waals surface area contributed by atoms with Crippen molar-refractivity contribution in [2.45, 2.75) is 39.5 Å². The van der Waals surface area contributed by atoms with E-state index in [1.165, 1.54) is 36.8 Å². The molecular formula is C14H18. The van der Waals surface area contributed by atoms with Gasteiger partial charge in [0.15, 0.2) is 0 Å². The van der Waals surface area contributed by atoms with E-state index in [9.17, 15) is 0 Å². The maximum atomic E-state index is 2.32. The molecule has 14 heavy (non-hydrogen) atoms. The number of allylic oxidation sites excluding steroid dienone is 2.